The molecule has 0 saturated carbocycles. The molecular weight excluding hydrogens is 430 g/mol. The SMILES string of the molecule is O=C(NCCN(CCO)C(=O)c1cccc(C(F)(F)F)c1)c1cccc(C(F)(F)F)c1. The van der Waals surface area contributed by atoms with Gasteiger partial charge in [-0.05, 0) is 36.4 Å². The van der Waals surface area contributed by atoms with Crippen molar-refractivity contribution in [1.29, 1.82) is 0 Å². The van der Waals surface area contributed by atoms with E-state index in [1.54, 1.807) is 0 Å². The van der Waals surface area contributed by atoms with Gasteiger partial charge in [0.2, 0.25) is 0 Å². The third kappa shape index (κ3) is 6.71. The fourth-order valence-corrected chi connectivity index (χ4v) is 2.69. The van der Waals surface area contributed by atoms with E-state index in [4.69, 9.17) is 5.11 Å². The van der Waals surface area contributed by atoms with Gasteiger partial charge >= 0.3 is 12.4 Å². The highest BCUT2D eigenvalue weighted by Crippen LogP contribution is 2.30. The van der Waals surface area contributed by atoms with Crippen LogP contribution in [0.2, 0.25) is 0 Å². The zero-order chi connectivity index (χ0) is 23.2. The van der Waals surface area contributed by atoms with Crippen LogP contribution in [0.5, 0.6) is 0 Å². The average molecular weight is 448 g/mol. The molecule has 2 aromatic carbocycles. The van der Waals surface area contributed by atoms with Crippen LogP contribution in [0.1, 0.15) is 31.8 Å². The normalized spacial score (nSPS) is 11.8. The van der Waals surface area contributed by atoms with E-state index < -0.39 is 41.9 Å². The molecule has 31 heavy (non-hydrogen) atoms. The van der Waals surface area contributed by atoms with Gasteiger partial charge in [0.1, 0.15) is 0 Å². The van der Waals surface area contributed by atoms with E-state index in [0.29, 0.717) is 12.1 Å². The second-order valence-electron chi connectivity index (χ2n) is 6.43. The maximum absolute atomic E-state index is 12.9. The Morgan fingerprint density at radius 3 is 1.87 bits per heavy atom. The first-order valence-electron chi connectivity index (χ1n) is 8.96. The van der Waals surface area contributed by atoms with Crippen molar-refractivity contribution < 1.29 is 41.0 Å². The molecule has 0 unspecified atom stereocenters. The first-order chi connectivity index (χ1) is 14.4. The van der Waals surface area contributed by atoms with E-state index in [1.165, 1.54) is 12.1 Å². The number of alkyl halides is 6. The number of carbonyl (C=O) groups excluding carboxylic acids is 2. The molecule has 0 aliphatic carbocycles. The predicted octanol–water partition coefficient (Wildman–Crippen LogP) is 3.59. The highest BCUT2D eigenvalue weighted by Gasteiger charge is 2.32. The molecule has 2 aromatic rings. The van der Waals surface area contributed by atoms with Gasteiger partial charge in [-0.2, -0.15) is 26.3 Å². The Hall–Kier alpha value is -3.08. The molecule has 0 aliphatic heterocycles. The summed E-state index contributed by atoms with van der Waals surface area (Å²) < 4.78 is 76.8. The first kappa shape index (κ1) is 24.2. The largest absolute Gasteiger partial charge is 0.416 e. The minimum absolute atomic E-state index is 0.180. The molecule has 0 radical (unpaired) electrons. The number of nitrogens with one attached hydrogen (secondary N) is 1. The Morgan fingerprint density at radius 2 is 1.35 bits per heavy atom. The van der Waals surface area contributed by atoms with Crippen LogP contribution in [0.15, 0.2) is 48.5 Å². The van der Waals surface area contributed by atoms with Gasteiger partial charge in [0.15, 0.2) is 0 Å². The topological polar surface area (TPSA) is 69.6 Å². The van der Waals surface area contributed by atoms with Crippen molar-refractivity contribution in [3.63, 3.8) is 0 Å². The van der Waals surface area contributed by atoms with Gasteiger partial charge in [-0.1, -0.05) is 12.1 Å². The van der Waals surface area contributed by atoms with E-state index in [-0.39, 0.29) is 30.8 Å². The van der Waals surface area contributed by atoms with Crippen LogP contribution in [0, 0.1) is 0 Å². The molecule has 0 aromatic heterocycles. The summed E-state index contributed by atoms with van der Waals surface area (Å²) in [5.41, 5.74) is -2.51. The Labute approximate surface area is 173 Å². The molecule has 11 heteroatoms. The predicted molar refractivity (Wildman–Crippen MR) is 98.2 cm³/mol. The molecular formula is C20H18F6N2O3. The van der Waals surface area contributed by atoms with Crippen molar-refractivity contribution >= 4 is 11.8 Å². The lowest BCUT2D eigenvalue weighted by Crippen LogP contribution is -2.40. The van der Waals surface area contributed by atoms with E-state index in [9.17, 15) is 35.9 Å². The number of hydrogen-bond donors (Lipinski definition) is 2. The Bertz CT molecular complexity index is 928. The molecule has 2 amide bonds. The lowest BCUT2D eigenvalue weighted by atomic mass is 10.1. The molecule has 0 spiro atoms. The van der Waals surface area contributed by atoms with Crippen LogP contribution >= 0.6 is 0 Å². The molecule has 0 saturated heterocycles. The molecule has 0 atom stereocenters. The summed E-state index contributed by atoms with van der Waals surface area (Å²) in [5.74, 6) is -1.62. The van der Waals surface area contributed by atoms with Gasteiger partial charge in [-0.15, -0.1) is 0 Å². The Kier molecular flexibility index (Phi) is 7.66. The molecule has 168 valence electrons. The van der Waals surface area contributed by atoms with Crippen molar-refractivity contribution in [1.82, 2.24) is 10.2 Å². The summed E-state index contributed by atoms with van der Waals surface area (Å²) in [6.07, 6.45) is -9.26. The van der Waals surface area contributed by atoms with Crippen molar-refractivity contribution in [2.75, 3.05) is 26.2 Å². The van der Waals surface area contributed by atoms with Crippen molar-refractivity contribution in [3.8, 4) is 0 Å². The van der Waals surface area contributed by atoms with Gasteiger partial charge < -0.3 is 15.3 Å². The van der Waals surface area contributed by atoms with Crippen molar-refractivity contribution in [2.24, 2.45) is 0 Å². The summed E-state index contributed by atoms with van der Waals surface area (Å²) in [4.78, 5) is 25.7. The van der Waals surface area contributed by atoms with E-state index in [0.717, 1.165) is 29.2 Å². The molecule has 2 rings (SSSR count). The van der Waals surface area contributed by atoms with Crippen LogP contribution in [-0.4, -0.2) is 48.1 Å². The van der Waals surface area contributed by atoms with Gasteiger partial charge in [0, 0.05) is 30.8 Å². The minimum Gasteiger partial charge on any atom is -0.395 e. The van der Waals surface area contributed by atoms with Gasteiger partial charge in [-0.3, -0.25) is 9.59 Å². The monoisotopic (exact) mass is 448 g/mol. The Morgan fingerprint density at radius 1 is 0.839 bits per heavy atom. The standard InChI is InChI=1S/C20H18F6N2O3/c21-19(22,23)15-5-1-3-13(11-15)17(30)27-7-8-28(9-10-29)18(31)14-4-2-6-16(12-14)20(24,25)26/h1-6,11-12,29H,7-10H2,(H,27,30). The zero-order valence-electron chi connectivity index (χ0n) is 15.9. The number of aliphatic hydroxyl groups is 1. The van der Waals surface area contributed by atoms with E-state index in [2.05, 4.69) is 5.32 Å². The van der Waals surface area contributed by atoms with E-state index >= 15 is 0 Å². The smallest absolute Gasteiger partial charge is 0.395 e. The Balaban J connectivity index is 2.05. The van der Waals surface area contributed by atoms with Crippen LogP contribution in [0.25, 0.3) is 0 Å². The third-order valence-corrected chi connectivity index (χ3v) is 4.21. The van der Waals surface area contributed by atoms with Crippen LogP contribution in [0.3, 0.4) is 0 Å². The van der Waals surface area contributed by atoms with Crippen LogP contribution < -0.4 is 5.32 Å². The van der Waals surface area contributed by atoms with Crippen LogP contribution in [-0.2, 0) is 12.4 Å². The number of benzene rings is 2. The third-order valence-electron chi connectivity index (χ3n) is 4.21. The second kappa shape index (κ2) is 9.82. The number of amides is 2. The summed E-state index contributed by atoms with van der Waals surface area (Å²) in [7, 11) is 0. The first-order valence-corrected chi connectivity index (χ1v) is 8.96. The number of aliphatic hydroxyl groups excluding tert-OH is 1. The zero-order valence-corrected chi connectivity index (χ0v) is 15.9. The summed E-state index contributed by atoms with van der Waals surface area (Å²) in [6, 6.07) is 7.49. The maximum atomic E-state index is 12.9. The molecule has 0 bridgehead atoms. The van der Waals surface area contributed by atoms with Gasteiger partial charge in [0.25, 0.3) is 11.8 Å². The second-order valence-corrected chi connectivity index (χ2v) is 6.43. The minimum atomic E-state index is -4.64. The molecule has 0 aliphatic rings. The summed E-state index contributed by atoms with van der Waals surface area (Å²) in [5, 5.41) is 11.5. The van der Waals surface area contributed by atoms with Crippen molar-refractivity contribution in [2.45, 2.75) is 12.4 Å². The number of nitrogens with zero attached hydrogens (tertiary/aromatic N) is 1. The highest BCUT2D eigenvalue weighted by atomic mass is 19.4. The molecule has 0 fully saturated rings. The van der Waals surface area contributed by atoms with Crippen LogP contribution in [0.4, 0.5) is 26.3 Å². The van der Waals surface area contributed by atoms with Gasteiger partial charge in [0.05, 0.1) is 17.7 Å². The average Bonchev–Trinajstić information content (AvgIpc) is 2.71. The fourth-order valence-electron chi connectivity index (χ4n) is 2.69. The fraction of sp³-hybridized carbons (Fsp3) is 0.300. The quantitative estimate of drug-likeness (QED) is 0.637. The number of halogens is 6. The maximum Gasteiger partial charge on any atom is 0.416 e. The highest BCUT2D eigenvalue weighted by molar-refractivity contribution is 5.95. The molecule has 5 nitrogen and oxygen atoms in total. The van der Waals surface area contributed by atoms with E-state index in [1.807, 2.05) is 0 Å². The lowest BCUT2D eigenvalue weighted by molar-refractivity contribution is -0.138. The summed E-state index contributed by atoms with van der Waals surface area (Å²) in [6.45, 7) is -1.07. The molecule has 0 heterocycles. The molecule has 2 N–H and O–H groups in total. The lowest BCUT2D eigenvalue weighted by Gasteiger charge is -2.22. The van der Waals surface area contributed by atoms with Gasteiger partial charge in [-0.25, -0.2) is 0 Å². The number of hydrogen-bond acceptors (Lipinski definition) is 3. The van der Waals surface area contributed by atoms with Crippen molar-refractivity contribution in [3.05, 3.63) is 70.8 Å². The summed E-state index contributed by atoms with van der Waals surface area (Å²) >= 11 is 0. The number of carbonyl (C=O) groups is 2. The number of rotatable bonds is 7.